The van der Waals surface area contributed by atoms with Crippen LogP contribution in [-0.2, 0) is 13.2 Å². The molecule has 0 unspecified atom stereocenters. The van der Waals surface area contributed by atoms with Crippen molar-refractivity contribution in [3.63, 3.8) is 0 Å². The van der Waals surface area contributed by atoms with E-state index < -0.39 is 0 Å². The van der Waals surface area contributed by atoms with Gasteiger partial charge in [-0.25, -0.2) is 4.98 Å². The lowest BCUT2D eigenvalue weighted by molar-refractivity contribution is 0.300. The molecule has 5 heteroatoms. The van der Waals surface area contributed by atoms with Crippen LogP contribution in [0.15, 0.2) is 46.9 Å². The van der Waals surface area contributed by atoms with Crippen LogP contribution in [0.5, 0.6) is 5.75 Å². The van der Waals surface area contributed by atoms with Gasteiger partial charge in [-0.15, -0.1) is 11.3 Å². The number of benzene rings is 2. The number of rotatable bonds is 5. The van der Waals surface area contributed by atoms with Crippen molar-refractivity contribution in [1.29, 1.82) is 0 Å². The third kappa shape index (κ3) is 3.26. The first-order valence-corrected chi connectivity index (χ1v) is 8.28. The third-order valence-corrected chi connectivity index (χ3v) is 4.73. The highest BCUT2D eigenvalue weighted by molar-refractivity contribution is 9.10. The van der Waals surface area contributed by atoms with E-state index in [2.05, 4.69) is 38.4 Å². The minimum atomic E-state index is 0.485. The number of para-hydroxylation sites is 2. The van der Waals surface area contributed by atoms with Gasteiger partial charge in [0.1, 0.15) is 17.4 Å². The van der Waals surface area contributed by atoms with E-state index in [1.165, 1.54) is 4.70 Å². The second kappa shape index (κ2) is 6.56. The van der Waals surface area contributed by atoms with Crippen LogP contribution in [0.25, 0.3) is 10.2 Å². The van der Waals surface area contributed by atoms with Crippen molar-refractivity contribution in [3.8, 4) is 5.75 Å². The molecule has 0 fully saturated rings. The predicted molar refractivity (Wildman–Crippen MR) is 90.9 cm³/mol. The first-order valence-electron chi connectivity index (χ1n) is 6.67. The number of thiazole rings is 1. The molecule has 0 radical (unpaired) electrons. The van der Waals surface area contributed by atoms with E-state index in [9.17, 15) is 0 Å². The van der Waals surface area contributed by atoms with Crippen LogP contribution < -0.4 is 10.1 Å². The number of nitrogens with zero attached hydrogens (tertiary/aromatic N) is 1. The van der Waals surface area contributed by atoms with E-state index in [-0.39, 0.29) is 0 Å². The molecule has 108 valence electrons. The monoisotopic (exact) mass is 362 g/mol. The lowest BCUT2D eigenvalue weighted by Gasteiger charge is -2.12. The molecular weight excluding hydrogens is 348 g/mol. The highest BCUT2D eigenvalue weighted by Gasteiger charge is 2.09. The predicted octanol–water partition coefficient (Wildman–Crippen LogP) is 4.36. The summed E-state index contributed by atoms with van der Waals surface area (Å²) in [5, 5.41) is 4.15. The molecule has 0 saturated carbocycles. The van der Waals surface area contributed by atoms with Gasteiger partial charge in [0.15, 0.2) is 0 Å². The lowest BCUT2D eigenvalue weighted by atomic mass is 10.2. The van der Waals surface area contributed by atoms with E-state index in [1.807, 2.05) is 37.4 Å². The van der Waals surface area contributed by atoms with Crippen LogP contribution >= 0.6 is 27.3 Å². The smallest absolute Gasteiger partial charge is 0.140 e. The molecule has 1 aromatic heterocycles. The van der Waals surface area contributed by atoms with Crippen molar-refractivity contribution in [2.45, 2.75) is 13.2 Å². The van der Waals surface area contributed by atoms with Gasteiger partial charge in [-0.3, -0.25) is 0 Å². The highest BCUT2D eigenvalue weighted by atomic mass is 79.9. The van der Waals surface area contributed by atoms with Crippen LogP contribution in [-0.4, -0.2) is 12.0 Å². The van der Waals surface area contributed by atoms with E-state index in [0.29, 0.717) is 6.61 Å². The van der Waals surface area contributed by atoms with Crippen LogP contribution in [0.1, 0.15) is 10.6 Å². The number of fused-ring (bicyclic) bond motifs is 1. The van der Waals surface area contributed by atoms with Gasteiger partial charge in [0.25, 0.3) is 0 Å². The van der Waals surface area contributed by atoms with Gasteiger partial charge in [-0.2, -0.15) is 0 Å². The molecule has 0 amide bonds. The SMILES string of the molecule is CNCc1cccc(Br)c1OCc1nc2ccccc2s1. The molecule has 21 heavy (non-hydrogen) atoms. The maximum Gasteiger partial charge on any atom is 0.140 e. The minimum absolute atomic E-state index is 0.485. The quantitative estimate of drug-likeness (QED) is 0.732. The zero-order valence-corrected chi connectivity index (χ0v) is 14.0. The Kier molecular flexibility index (Phi) is 4.53. The van der Waals surface area contributed by atoms with Crippen molar-refractivity contribution in [3.05, 3.63) is 57.5 Å². The van der Waals surface area contributed by atoms with Gasteiger partial charge in [-0.1, -0.05) is 24.3 Å². The Morgan fingerprint density at radius 2 is 2.05 bits per heavy atom. The zero-order valence-electron chi connectivity index (χ0n) is 11.6. The van der Waals surface area contributed by atoms with Crippen LogP contribution in [0, 0.1) is 0 Å². The number of hydrogen-bond acceptors (Lipinski definition) is 4. The Morgan fingerprint density at radius 3 is 2.86 bits per heavy atom. The molecule has 1 N–H and O–H groups in total. The van der Waals surface area contributed by atoms with Crippen molar-refractivity contribution >= 4 is 37.5 Å². The number of hydrogen-bond donors (Lipinski definition) is 1. The van der Waals surface area contributed by atoms with Gasteiger partial charge < -0.3 is 10.1 Å². The van der Waals surface area contributed by atoms with Gasteiger partial charge in [-0.05, 0) is 41.2 Å². The van der Waals surface area contributed by atoms with E-state index in [1.54, 1.807) is 11.3 Å². The molecular formula is C16H15BrN2OS. The summed E-state index contributed by atoms with van der Waals surface area (Å²) in [7, 11) is 1.93. The van der Waals surface area contributed by atoms with E-state index >= 15 is 0 Å². The molecule has 0 bridgehead atoms. The topological polar surface area (TPSA) is 34.1 Å². The molecule has 0 aliphatic heterocycles. The molecule has 3 aromatic rings. The maximum atomic E-state index is 6.00. The highest BCUT2D eigenvalue weighted by Crippen LogP contribution is 2.30. The Bertz CT molecular complexity index is 724. The largest absolute Gasteiger partial charge is 0.485 e. The first-order chi connectivity index (χ1) is 10.3. The average Bonchev–Trinajstić information content (AvgIpc) is 2.90. The summed E-state index contributed by atoms with van der Waals surface area (Å²) in [5.74, 6) is 0.881. The summed E-state index contributed by atoms with van der Waals surface area (Å²) < 4.78 is 8.16. The van der Waals surface area contributed by atoms with Gasteiger partial charge in [0.2, 0.25) is 0 Å². The van der Waals surface area contributed by atoms with Crippen molar-refractivity contribution in [2.24, 2.45) is 0 Å². The second-order valence-electron chi connectivity index (χ2n) is 4.62. The van der Waals surface area contributed by atoms with E-state index in [0.717, 1.165) is 32.9 Å². The van der Waals surface area contributed by atoms with Crippen molar-refractivity contribution in [1.82, 2.24) is 10.3 Å². The number of halogens is 1. The minimum Gasteiger partial charge on any atom is -0.485 e. The fourth-order valence-corrected chi connectivity index (χ4v) is 3.56. The molecule has 3 rings (SSSR count). The maximum absolute atomic E-state index is 6.00. The normalized spacial score (nSPS) is 11.0. The van der Waals surface area contributed by atoms with E-state index in [4.69, 9.17) is 4.74 Å². The van der Waals surface area contributed by atoms with Gasteiger partial charge in [0.05, 0.1) is 14.7 Å². The standard InChI is InChI=1S/C16H15BrN2OS/c1-18-9-11-5-4-6-12(17)16(11)20-10-15-19-13-7-2-3-8-14(13)21-15/h2-8,18H,9-10H2,1H3. The molecule has 2 aromatic carbocycles. The summed E-state index contributed by atoms with van der Waals surface area (Å²) in [6.45, 7) is 1.26. The summed E-state index contributed by atoms with van der Waals surface area (Å²) >= 11 is 5.23. The molecule has 0 aliphatic rings. The van der Waals surface area contributed by atoms with Crippen LogP contribution in [0.4, 0.5) is 0 Å². The summed E-state index contributed by atoms with van der Waals surface area (Å²) in [6.07, 6.45) is 0. The summed E-state index contributed by atoms with van der Waals surface area (Å²) in [4.78, 5) is 4.60. The van der Waals surface area contributed by atoms with Gasteiger partial charge in [0, 0.05) is 12.1 Å². The number of aromatic nitrogens is 1. The summed E-state index contributed by atoms with van der Waals surface area (Å²) in [6, 6.07) is 14.2. The lowest BCUT2D eigenvalue weighted by Crippen LogP contribution is -2.08. The number of ether oxygens (including phenoxy) is 1. The zero-order chi connectivity index (χ0) is 14.7. The molecule has 0 atom stereocenters. The van der Waals surface area contributed by atoms with Gasteiger partial charge >= 0.3 is 0 Å². The Hall–Kier alpha value is -1.43. The molecule has 1 heterocycles. The summed E-state index contributed by atoms with van der Waals surface area (Å²) in [5.41, 5.74) is 2.16. The molecule has 0 spiro atoms. The third-order valence-electron chi connectivity index (χ3n) is 3.09. The van der Waals surface area contributed by atoms with Crippen LogP contribution in [0.3, 0.4) is 0 Å². The Balaban J connectivity index is 1.81. The number of nitrogens with one attached hydrogen (secondary N) is 1. The Labute approximate surface area is 136 Å². The Morgan fingerprint density at radius 1 is 1.19 bits per heavy atom. The van der Waals surface area contributed by atoms with Crippen LogP contribution in [0.2, 0.25) is 0 Å². The fraction of sp³-hybridized carbons (Fsp3) is 0.188. The molecule has 0 aliphatic carbocycles. The average molecular weight is 363 g/mol. The van der Waals surface area contributed by atoms with Crippen molar-refractivity contribution in [2.75, 3.05) is 7.05 Å². The molecule has 0 saturated heterocycles. The first kappa shape index (κ1) is 14.5. The molecule has 3 nitrogen and oxygen atoms in total. The fourth-order valence-electron chi connectivity index (χ4n) is 2.16. The second-order valence-corrected chi connectivity index (χ2v) is 6.59. The van der Waals surface area contributed by atoms with Crippen molar-refractivity contribution < 1.29 is 4.74 Å².